The van der Waals surface area contributed by atoms with Gasteiger partial charge in [-0.1, -0.05) is 22.0 Å². The number of benzene rings is 2. The van der Waals surface area contributed by atoms with E-state index in [1.807, 2.05) is 13.0 Å². The first-order chi connectivity index (χ1) is 9.92. The van der Waals surface area contributed by atoms with Crippen LogP contribution in [0.15, 0.2) is 34.8 Å². The van der Waals surface area contributed by atoms with E-state index >= 15 is 0 Å². The van der Waals surface area contributed by atoms with E-state index < -0.39 is 0 Å². The molecule has 4 heteroatoms. The van der Waals surface area contributed by atoms with Crippen LogP contribution in [0.1, 0.15) is 29.7 Å². The molecule has 1 atom stereocenters. The Bertz CT molecular complexity index is 634. The van der Waals surface area contributed by atoms with Crippen LogP contribution in [0.25, 0.3) is 0 Å². The monoisotopic (exact) mass is 351 g/mol. The van der Waals surface area contributed by atoms with Crippen molar-refractivity contribution in [3.8, 4) is 5.75 Å². The van der Waals surface area contributed by atoms with Gasteiger partial charge in [0, 0.05) is 16.2 Å². The number of aryl methyl sites for hydroxylation is 2. The van der Waals surface area contributed by atoms with Crippen LogP contribution >= 0.6 is 15.9 Å². The predicted octanol–water partition coefficient (Wildman–Crippen LogP) is 5.39. The first-order valence-electron chi connectivity index (χ1n) is 6.79. The smallest absolute Gasteiger partial charge is 0.165 e. The van der Waals surface area contributed by atoms with Crippen LogP contribution in [0.5, 0.6) is 5.75 Å². The molecule has 0 bridgehead atoms. The molecule has 0 radical (unpaired) electrons. The molecule has 21 heavy (non-hydrogen) atoms. The highest BCUT2D eigenvalue weighted by atomic mass is 79.9. The van der Waals surface area contributed by atoms with Crippen molar-refractivity contribution in [3.63, 3.8) is 0 Å². The Morgan fingerprint density at radius 3 is 2.29 bits per heavy atom. The van der Waals surface area contributed by atoms with E-state index in [-0.39, 0.29) is 17.6 Å². The third-order valence-corrected chi connectivity index (χ3v) is 3.99. The zero-order chi connectivity index (χ0) is 15.6. The maximum absolute atomic E-state index is 13.8. The fourth-order valence-corrected chi connectivity index (χ4v) is 3.08. The van der Waals surface area contributed by atoms with Gasteiger partial charge in [0.1, 0.15) is 0 Å². The Kier molecular flexibility index (Phi) is 4.88. The molecule has 1 N–H and O–H groups in total. The third kappa shape index (κ3) is 3.56. The van der Waals surface area contributed by atoms with Crippen molar-refractivity contribution in [3.05, 3.63) is 57.3 Å². The molecule has 2 aromatic carbocycles. The molecule has 0 spiro atoms. The van der Waals surface area contributed by atoms with Crippen LogP contribution in [-0.4, -0.2) is 7.11 Å². The number of anilines is 1. The Morgan fingerprint density at radius 2 is 1.76 bits per heavy atom. The highest BCUT2D eigenvalue weighted by molar-refractivity contribution is 9.10. The van der Waals surface area contributed by atoms with Gasteiger partial charge in [-0.15, -0.1) is 0 Å². The van der Waals surface area contributed by atoms with Crippen LogP contribution in [0.2, 0.25) is 0 Å². The van der Waals surface area contributed by atoms with Gasteiger partial charge in [0.05, 0.1) is 7.11 Å². The van der Waals surface area contributed by atoms with Crippen molar-refractivity contribution in [2.45, 2.75) is 26.8 Å². The summed E-state index contributed by atoms with van der Waals surface area (Å²) in [6.45, 7) is 6.13. The number of halogens is 2. The fourth-order valence-electron chi connectivity index (χ4n) is 2.39. The Labute approximate surface area is 133 Å². The van der Waals surface area contributed by atoms with E-state index in [2.05, 4.69) is 47.2 Å². The Morgan fingerprint density at radius 1 is 1.14 bits per heavy atom. The molecule has 112 valence electrons. The Balaban J connectivity index is 2.26. The number of nitrogens with one attached hydrogen (secondary N) is 1. The van der Waals surface area contributed by atoms with Gasteiger partial charge < -0.3 is 10.1 Å². The summed E-state index contributed by atoms with van der Waals surface area (Å²) in [4.78, 5) is 0. The normalized spacial score (nSPS) is 12.1. The molecule has 0 aliphatic carbocycles. The number of rotatable bonds is 4. The zero-order valence-electron chi connectivity index (χ0n) is 12.6. The quantitative estimate of drug-likeness (QED) is 0.797. The van der Waals surface area contributed by atoms with E-state index in [1.54, 1.807) is 6.07 Å². The van der Waals surface area contributed by atoms with E-state index in [1.165, 1.54) is 13.2 Å². The molecule has 2 nitrogen and oxygen atoms in total. The number of hydrogen-bond donors (Lipinski definition) is 1. The van der Waals surface area contributed by atoms with Crippen molar-refractivity contribution in [2.24, 2.45) is 0 Å². The third-order valence-electron chi connectivity index (χ3n) is 3.53. The molecule has 2 aromatic rings. The highest BCUT2D eigenvalue weighted by Crippen LogP contribution is 2.29. The first kappa shape index (κ1) is 15.8. The minimum absolute atomic E-state index is 0.00369. The van der Waals surface area contributed by atoms with Gasteiger partial charge in [-0.2, -0.15) is 0 Å². The average molecular weight is 352 g/mol. The zero-order valence-corrected chi connectivity index (χ0v) is 14.2. The molecule has 0 heterocycles. The van der Waals surface area contributed by atoms with Gasteiger partial charge in [-0.05, 0) is 61.7 Å². The fraction of sp³-hybridized carbons (Fsp3) is 0.294. The molecule has 0 aromatic heterocycles. The molecule has 0 saturated heterocycles. The van der Waals surface area contributed by atoms with Gasteiger partial charge >= 0.3 is 0 Å². The minimum atomic E-state index is -0.340. The van der Waals surface area contributed by atoms with Gasteiger partial charge in [0.25, 0.3) is 0 Å². The van der Waals surface area contributed by atoms with E-state index in [0.717, 1.165) is 26.9 Å². The second-order valence-corrected chi connectivity index (χ2v) is 6.09. The summed E-state index contributed by atoms with van der Waals surface area (Å²) >= 11 is 3.49. The summed E-state index contributed by atoms with van der Waals surface area (Å²) in [6, 6.07) is 9.18. The van der Waals surface area contributed by atoms with Crippen molar-refractivity contribution >= 4 is 21.6 Å². The highest BCUT2D eigenvalue weighted by Gasteiger charge is 2.12. The van der Waals surface area contributed by atoms with Gasteiger partial charge in [-0.25, -0.2) is 4.39 Å². The standard InChI is InChI=1S/C17H19BrFNO/c1-10-7-14(18)8-11(2)17(10)20-12(3)13-5-6-16(21-4)15(19)9-13/h5-9,12,20H,1-4H3. The molecule has 0 aliphatic heterocycles. The maximum Gasteiger partial charge on any atom is 0.165 e. The van der Waals surface area contributed by atoms with Crippen LogP contribution in [0.4, 0.5) is 10.1 Å². The SMILES string of the molecule is COc1ccc(C(C)Nc2c(C)cc(Br)cc2C)cc1F. The maximum atomic E-state index is 13.8. The Hall–Kier alpha value is -1.55. The summed E-state index contributed by atoms with van der Waals surface area (Å²) < 4.78 is 19.8. The summed E-state index contributed by atoms with van der Waals surface area (Å²) in [5.41, 5.74) is 4.28. The molecular formula is C17H19BrFNO. The van der Waals surface area contributed by atoms with Crippen LogP contribution in [0, 0.1) is 19.7 Å². The van der Waals surface area contributed by atoms with E-state index in [9.17, 15) is 4.39 Å². The van der Waals surface area contributed by atoms with Crippen molar-refractivity contribution < 1.29 is 9.13 Å². The van der Waals surface area contributed by atoms with Crippen LogP contribution in [0.3, 0.4) is 0 Å². The van der Waals surface area contributed by atoms with Gasteiger partial charge in [0.2, 0.25) is 0 Å². The lowest BCUT2D eigenvalue weighted by atomic mass is 10.0. The van der Waals surface area contributed by atoms with Gasteiger partial charge in [0.15, 0.2) is 11.6 Å². The molecule has 0 fully saturated rings. The topological polar surface area (TPSA) is 21.3 Å². The molecule has 2 rings (SSSR count). The molecular weight excluding hydrogens is 333 g/mol. The molecule has 0 saturated carbocycles. The van der Waals surface area contributed by atoms with Crippen LogP contribution < -0.4 is 10.1 Å². The molecule has 0 amide bonds. The summed E-state index contributed by atoms with van der Waals surface area (Å²) in [7, 11) is 1.47. The minimum Gasteiger partial charge on any atom is -0.494 e. The second-order valence-electron chi connectivity index (χ2n) is 5.17. The van der Waals surface area contributed by atoms with E-state index in [4.69, 9.17) is 4.74 Å². The van der Waals surface area contributed by atoms with Gasteiger partial charge in [-0.3, -0.25) is 0 Å². The lowest BCUT2D eigenvalue weighted by Crippen LogP contribution is -2.09. The molecule has 0 aliphatic rings. The summed E-state index contributed by atoms with van der Waals surface area (Å²) in [6.07, 6.45) is 0. The van der Waals surface area contributed by atoms with Crippen molar-refractivity contribution in [1.29, 1.82) is 0 Å². The number of methoxy groups -OCH3 is 1. The predicted molar refractivity (Wildman–Crippen MR) is 88.6 cm³/mol. The summed E-state index contributed by atoms with van der Waals surface area (Å²) in [5, 5.41) is 3.46. The lowest BCUT2D eigenvalue weighted by molar-refractivity contribution is 0.386. The first-order valence-corrected chi connectivity index (χ1v) is 7.58. The second kappa shape index (κ2) is 6.48. The molecule has 1 unspecified atom stereocenters. The largest absolute Gasteiger partial charge is 0.494 e. The summed E-state index contributed by atoms with van der Waals surface area (Å²) in [5.74, 6) is -0.0742. The van der Waals surface area contributed by atoms with E-state index in [0.29, 0.717) is 0 Å². The lowest BCUT2D eigenvalue weighted by Gasteiger charge is -2.20. The van der Waals surface area contributed by atoms with Crippen molar-refractivity contribution in [2.75, 3.05) is 12.4 Å². The van der Waals surface area contributed by atoms with Crippen molar-refractivity contribution in [1.82, 2.24) is 0 Å². The average Bonchev–Trinajstić information content (AvgIpc) is 2.42. The van der Waals surface area contributed by atoms with Crippen LogP contribution in [-0.2, 0) is 0 Å². The number of ether oxygens (including phenoxy) is 1. The number of hydrogen-bond acceptors (Lipinski definition) is 2.